The summed E-state index contributed by atoms with van der Waals surface area (Å²) in [6, 6.07) is 14.2. The third kappa shape index (κ3) is 3.50. The molecule has 0 aliphatic carbocycles. The van der Waals surface area contributed by atoms with Crippen molar-refractivity contribution in [2.24, 2.45) is 5.73 Å². The van der Waals surface area contributed by atoms with Crippen molar-refractivity contribution in [3.63, 3.8) is 0 Å². The van der Waals surface area contributed by atoms with E-state index in [0.29, 0.717) is 18.7 Å². The Morgan fingerprint density at radius 3 is 2.58 bits per heavy atom. The van der Waals surface area contributed by atoms with Gasteiger partial charge in [-0.15, -0.1) is 0 Å². The van der Waals surface area contributed by atoms with Crippen LogP contribution in [0.3, 0.4) is 0 Å². The molecule has 2 N–H and O–H groups in total. The van der Waals surface area contributed by atoms with E-state index in [0.717, 1.165) is 16.7 Å². The van der Waals surface area contributed by atoms with E-state index >= 15 is 0 Å². The van der Waals surface area contributed by atoms with Gasteiger partial charge in [0.15, 0.2) is 0 Å². The van der Waals surface area contributed by atoms with Crippen LogP contribution in [0.4, 0.5) is 4.39 Å². The molecule has 0 aromatic heterocycles. The molecule has 2 aromatic rings. The zero-order chi connectivity index (χ0) is 18.9. The summed E-state index contributed by atoms with van der Waals surface area (Å²) in [6.07, 6.45) is 1.95. The summed E-state index contributed by atoms with van der Waals surface area (Å²) >= 11 is -2.31. The van der Waals surface area contributed by atoms with Crippen LogP contribution in [0.25, 0.3) is 5.57 Å². The summed E-state index contributed by atoms with van der Waals surface area (Å²) in [5.74, 6) is -0.330. The molecule has 0 saturated carbocycles. The molecule has 3 rings (SSSR count). The van der Waals surface area contributed by atoms with Crippen molar-refractivity contribution in [2.75, 3.05) is 6.54 Å². The Morgan fingerprint density at radius 2 is 1.96 bits per heavy atom. The molecule has 2 atom stereocenters. The Bertz CT molecular complexity index is 852. The van der Waals surface area contributed by atoms with Crippen LogP contribution in [0, 0.1) is 5.82 Å². The topological polar surface area (TPSA) is 69.4 Å². The molecular weight excluding hydrogens is 351 g/mol. The second-order valence-electron chi connectivity index (χ2n) is 6.88. The van der Waals surface area contributed by atoms with E-state index in [9.17, 15) is 13.2 Å². The maximum Gasteiger partial charge on any atom is 0.130 e. The summed E-state index contributed by atoms with van der Waals surface area (Å²) in [5.41, 5.74) is 8.74. The average Bonchev–Trinajstić information content (AvgIpc) is 3.08. The smallest absolute Gasteiger partial charge is 0.130 e. The Kier molecular flexibility index (Phi) is 5.39. The highest BCUT2D eigenvalue weighted by atomic mass is 32.2. The maximum absolute atomic E-state index is 14.4. The second kappa shape index (κ2) is 7.40. The van der Waals surface area contributed by atoms with E-state index in [1.54, 1.807) is 26.0 Å². The van der Waals surface area contributed by atoms with Gasteiger partial charge in [0.2, 0.25) is 0 Å². The monoisotopic (exact) mass is 373 g/mol. The van der Waals surface area contributed by atoms with Gasteiger partial charge in [0.25, 0.3) is 0 Å². The van der Waals surface area contributed by atoms with E-state index in [1.165, 1.54) is 6.07 Å². The first-order valence-corrected chi connectivity index (χ1v) is 9.52. The van der Waals surface area contributed by atoms with Gasteiger partial charge in [-0.05, 0) is 53.8 Å². The van der Waals surface area contributed by atoms with Crippen molar-refractivity contribution in [1.82, 2.24) is 4.90 Å². The summed E-state index contributed by atoms with van der Waals surface area (Å²) in [7, 11) is 0. The van der Waals surface area contributed by atoms with Gasteiger partial charge in [0, 0.05) is 18.7 Å². The van der Waals surface area contributed by atoms with Crippen molar-refractivity contribution < 1.29 is 13.2 Å². The van der Waals surface area contributed by atoms with Crippen LogP contribution in [0.15, 0.2) is 54.6 Å². The largest absolute Gasteiger partial charge is 0.771 e. The maximum atomic E-state index is 14.4. The van der Waals surface area contributed by atoms with Crippen LogP contribution < -0.4 is 5.73 Å². The molecule has 0 amide bonds. The molecule has 26 heavy (non-hydrogen) atoms. The van der Waals surface area contributed by atoms with Gasteiger partial charge in [-0.2, -0.15) is 0 Å². The fraction of sp³-hybridized carbons (Fsp3) is 0.300. The highest BCUT2D eigenvalue weighted by molar-refractivity contribution is 7.80. The van der Waals surface area contributed by atoms with Crippen LogP contribution >= 0.6 is 0 Å². The van der Waals surface area contributed by atoms with Crippen LogP contribution in [0.1, 0.15) is 36.6 Å². The summed E-state index contributed by atoms with van der Waals surface area (Å²) in [4.78, 5) is 0.774. The Morgan fingerprint density at radius 1 is 1.27 bits per heavy atom. The predicted molar refractivity (Wildman–Crippen MR) is 101 cm³/mol. The lowest BCUT2D eigenvalue weighted by atomic mass is 10.0. The molecule has 0 radical (unpaired) electrons. The third-order valence-corrected chi connectivity index (χ3v) is 5.94. The molecule has 4 nitrogen and oxygen atoms in total. The molecule has 0 fully saturated rings. The minimum Gasteiger partial charge on any atom is -0.771 e. The minimum atomic E-state index is -2.31. The van der Waals surface area contributed by atoms with Gasteiger partial charge in [-0.25, -0.2) is 4.39 Å². The van der Waals surface area contributed by atoms with Gasteiger partial charge in [0.1, 0.15) is 5.82 Å². The quantitative estimate of drug-likeness (QED) is 0.816. The van der Waals surface area contributed by atoms with Gasteiger partial charge in [-0.3, -0.25) is 9.11 Å². The van der Waals surface area contributed by atoms with E-state index in [2.05, 4.69) is 0 Å². The average molecular weight is 373 g/mol. The molecule has 0 bridgehead atoms. The van der Waals surface area contributed by atoms with Crippen molar-refractivity contribution >= 4 is 16.7 Å². The van der Waals surface area contributed by atoms with Crippen LogP contribution in [0.5, 0.6) is 0 Å². The number of halogens is 1. The second-order valence-corrected chi connectivity index (χ2v) is 8.34. The van der Waals surface area contributed by atoms with Gasteiger partial charge in [-0.1, -0.05) is 42.5 Å². The fourth-order valence-corrected chi connectivity index (χ4v) is 3.65. The Balaban J connectivity index is 2.07. The van der Waals surface area contributed by atoms with E-state index in [4.69, 9.17) is 5.73 Å². The number of nitrogens with two attached hydrogens (primary N) is 1. The molecule has 1 heterocycles. The zero-order valence-electron chi connectivity index (χ0n) is 14.8. The van der Waals surface area contributed by atoms with Gasteiger partial charge < -0.3 is 10.3 Å². The SMILES string of the molecule is CC(C)(N1CC(c2cc(CN)ccc2F)=CC1c1ccccc1)S(=O)[O-]. The van der Waals surface area contributed by atoms with Gasteiger partial charge >= 0.3 is 0 Å². The third-order valence-electron chi connectivity index (χ3n) is 4.89. The number of benzene rings is 2. The van der Waals surface area contributed by atoms with Crippen LogP contribution in [-0.4, -0.2) is 25.1 Å². The number of hydrogen-bond donors (Lipinski definition) is 1. The minimum absolute atomic E-state index is 0.250. The van der Waals surface area contributed by atoms with Gasteiger partial charge in [0.05, 0.1) is 10.9 Å². The Labute approximate surface area is 155 Å². The van der Waals surface area contributed by atoms with Crippen molar-refractivity contribution in [2.45, 2.75) is 31.3 Å². The molecule has 138 valence electrons. The molecule has 0 saturated heterocycles. The Hall–Kier alpha value is -1.86. The first-order valence-electron chi connectivity index (χ1n) is 8.45. The molecule has 6 heteroatoms. The zero-order valence-corrected chi connectivity index (χ0v) is 15.6. The molecular formula is C20H22FN2O2S-. The summed E-state index contributed by atoms with van der Waals surface area (Å²) < 4.78 is 38.1. The van der Waals surface area contributed by atoms with E-state index in [-0.39, 0.29) is 11.9 Å². The lowest BCUT2D eigenvalue weighted by Gasteiger charge is -2.41. The molecule has 1 aliphatic rings. The standard InChI is InChI=1S/C20H23FN2O2S/c1-20(2,26(24)25)23-13-16(11-19(23)15-6-4-3-5-7-15)17-10-14(12-22)8-9-18(17)21/h3-11,19H,12-13,22H2,1-2H3,(H,24,25)/p-1. The molecule has 2 aromatic carbocycles. The van der Waals surface area contributed by atoms with Crippen molar-refractivity contribution in [3.8, 4) is 0 Å². The van der Waals surface area contributed by atoms with E-state index in [1.807, 2.05) is 41.3 Å². The lowest BCUT2D eigenvalue weighted by molar-refractivity contribution is 0.181. The first-order chi connectivity index (χ1) is 12.3. The number of hydrogen-bond acceptors (Lipinski definition) is 4. The van der Waals surface area contributed by atoms with Crippen LogP contribution in [0.2, 0.25) is 0 Å². The fourth-order valence-electron chi connectivity index (χ4n) is 3.28. The molecule has 2 unspecified atom stereocenters. The van der Waals surface area contributed by atoms with E-state index < -0.39 is 16.0 Å². The summed E-state index contributed by atoms with van der Waals surface area (Å²) in [6.45, 7) is 3.99. The summed E-state index contributed by atoms with van der Waals surface area (Å²) in [5, 5.41) is 0. The molecule has 1 aliphatic heterocycles. The highest BCUT2D eigenvalue weighted by Crippen LogP contribution is 2.40. The first kappa shape index (κ1) is 18.9. The highest BCUT2D eigenvalue weighted by Gasteiger charge is 2.38. The van der Waals surface area contributed by atoms with Crippen LogP contribution in [-0.2, 0) is 17.6 Å². The lowest BCUT2D eigenvalue weighted by Crippen LogP contribution is -2.47. The predicted octanol–water partition coefficient (Wildman–Crippen LogP) is 3.34. The van der Waals surface area contributed by atoms with Crippen molar-refractivity contribution in [1.29, 1.82) is 0 Å². The number of nitrogens with zero attached hydrogens (tertiary/aromatic N) is 1. The number of rotatable bonds is 5. The van der Waals surface area contributed by atoms with Crippen molar-refractivity contribution in [3.05, 3.63) is 77.1 Å². The molecule has 0 spiro atoms. The normalized spacial score (nSPS) is 19.4.